The topological polar surface area (TPSA) is 57.1 Å². The standard InChI is InChI=1S/C15H22NO4P/c1-4-19-21(17,20-5-2)15-14(16-15)11-8-12-6-9-13(18-3)10-7-12/h6-7,9-10,15H,4-5,8,11H2,1-3H3. The van der Waals surface area contributed by atoms with Gasteiger partial charge in [0.15, 0.2) is 5.78 Å². The fourth-order valence-electron chi connectivity index (χ4n) is 2.17. The molecule has 0 radical (unpaired) electrons. The van der Waals surface area contributed by atoms with Gasteiger partial charge >= 0.3 is 7.60 Å². The lowest BCUT2D eigenvalue weighted by molar-refractivity contribution is 0.219. The van der Waals surface area contributed by atoms with Crippen molar-refractivity contribution < 1.29 is 18.3 Å². The van der Waals surface area contributed by atoms with Gasteiger partial charge in [0.25, 0.3) is 0 Å². The molecule has 1 unspecified atom stereocenters. The second-order valence-electron chi connectivity index (χ2n) is 4.72. The highest BCUT2D eigenvalue weighted by Gasteiger charge is 2.46. The first-order chi connectivity index (χ1) is 10.1. The lowest BCUT2D eigenvalue weighted by atomic mass is 10.1. The normalized spacial score (nSPS) is 17.5. The minimum atomic E-state index is -3.09. The van der Waals surface area contributed by atoms with Crippen molar-refractivity contribution in [2.45, 2.75) is 32.5 Å². The van der Waals surface area contributed by atoms with Crippen molar-refractivity contribution in [3.8, 4) is 5.75 Å². The van der Waals surface area contributed by atoms with E-state index >= 15 is 0 Å². The molecule has 2 rings (SSSR count). The summed E-state index contributed by atoms with van der Waals surface area (Å²) in [6, 6.07) is 7.93. The van der Waals surface area contributed by atoms with Crippen LogP contribution in [0.3, 0.4) is 0 Å². The third kappa shape index (κ3) is 4.16. The highest BCUT2D eigenvalue weighted by atomic mass is 31.2. The number of benzene rings is 1. The van der Waals surface area contributed by atoms with Crippen LogP contribution in [0.5, 0.6) is 5.75 Å². The zero-order valence-electron chi connectivity index (χ0n) is 12.7. The smallest absolute Gasteiger partial charge is 0.360 e. The van der Waals surface area contributed by atoms with Crippen molar-refractivity contribution in [2.24, 2.45) is 4.99 Å². The largest absolute Gasteiger partial charge is 0.497 e. The van der Waals surface area contributed by atoms with Gasteiger partial charge in [0.1, 0.15) is 5.75 Å². The van der Waals surface area contributed by atoms with Crippen molar-refractivity contribution in [3.05, 3.63) is 29.8 Å². The van der Waals surface area contributed by atoms with Gasteiger partial charge in [-0.2, -0.15) is 0 Å². The number of ether oxygens (including phenoxy) is 1. The second kappa shape index (κ2) is 7.21. The molecule has 6 heteroatoms. The molecule has 1 aromatic rings. The molecule has 1 aromatic carbocycles. The van der Waals surface area contributed by atoms with Gasteiger partial charge in [-0.1, -0.05) is 12.1 Å². The Bertz CT molecular complexity index is 531. The van der Waals surface area contributed by atoms with Crippen LogP contribution in [0.2, 0.25) is 0 Å². The summed E-state index contributed by atoms with van der Waals surface area (Å²) >= 11 is 0. The lowest BCUT2D eigenvalue weighted by Gasteiger charge is -2.15. The molecule has 0 aromatic heterocycles. The summed E-state index contributed by atoms with van der Waals surface area (Å²) in [4.78, 5) is 4.29. The van der Waals surface area contributed by atoms with E-state index in [0.29, 0.717) is 13.2 Å². The van der Waals surface area contributed by atoms with Gasteiger partial charge < -0.3 is 13.8 Å². The minimum Gasteiger partial charge on any atom is -0.497 e. The molecule has 1 aliphatic rings. The molecule has 0 saturated carbocycles. The predicted molar refractivity (Wildman–Crippen MR) is 83.4 cm³/mol. The van der Waals surface area contributed by atoms with Gasteiger partial charge in [-0.3, -0.25) is 9.56 Å². The van der Waals surface area contributed by atoms with Crippen LogP contribution in [-0.4, -0.2) is 31.8 Å². The highest BCUT2D eigenvalue weighted by Crippen LogP contribution is 2.58. The van der Waals surface area contributed by atoms with Crippen molar-refractivity contribution in [1.29, 1.82) is 0 Å². The fourth-order valence-corrected chi connectivity index (χ4v) is 4.03. The molecular weight excluding hydrogens is 289 g/mol. The van der Waals surface area contributed by atoms with Gasteiger partial charge in [0.2, 0.25) is 0 Å². The van der Waals surface area contributed by atoms with E-state index in [1.54, 1.807) is 7.11 Å². The van der Waals surface area contributed by atoms with Gasteiger partial charge in [-0.25, -0.2) is 0 Å². The van der Waals surface area contributed by atoms with E-state index in [-0.39, 0.29) is 5.78 Å². The Hall–Kier alpha value is -1.16. The first-order valence-electron chi connectivity index (χ1n) is 7.21. The summed E-state index contributed by atoms with van der Waals surface area (Å²) in [5, 5.41) is 0. The van der Waals surface area contributed by atoms with Crippen LogP contribution in [-0.2, 0) is 20.0 Å². The average Bonchev–Trinajstić information content (AvgIpc) is 3.26. The summed E-state index contributed by atoms with van der Waals surface area (Å²) in [7, 11) is -1.44. The number of rotatable bonds is 9. The van der Waals surface area contributed by atoms with Crippen molar-refractivity contribution in [1.82, 2.24) is 0 Å². The summed E-state index contributed by atoms with van der Waals surface area (Å²) in [5.74, 6) is 0.480. The number of hydrogen-bond acceptors (Lipinski definition) is 5. The molecule has 5 nitrogen and oxygen atoms in total. The van der Waals surface area contributed by atoms with Crippen LogP contribution in [0.1, 0.15) is 25.8 Å². The average molecular weight is 311 g/mol. The molecule has 116 valence electrons. The zero-order valence-corrected chi connectivity index (χ0v) is 13.6. The van der Waals surface area contributed by atoms with Crippen LogP contribution in [0.4, 0.5) is 0 Å². The van der Waals surface area contributed by atoms with Crippen molar-refractivity contribution in [3.63, 3.8) is 0 Å². The Morgan fingerprint density at radius 1 is 1.10 bits per heavy atom. The molecule has 1 aliphatic heterocycles. The third-order valence-corrected chi connectivity index (χ3v) is 5.51. The first kappa shape index (κ1) is 16.2. The number of nitrogens with zero attached hydrogens (tertiary/aromatic N) is 1. The predicted octanol–water partition coefficient (Wildman–Crippen LogP) is 3.67. The Morgan fingerprint density at radius 2 is 1.71 bits per heavy atom. The first-order valence-corrected chi connectivity index (χ1v) is 8.82. The number of hydrogen-bond donors (Lipinski definition) is 0. The fraction of sp³-hybridized carbons (Fsp3) is 0.533. The third-order valence-electron chi connectivity index (χ3n) is 3.26. The van der Waals surface area contributed by atoms with E-state index in [2.05, 4.69) is 4.99 Å². The van der Waals surface area contributed by atoms with Crippen LogP contribution < -0.4 is 4.74 Å². The van der Waals surface area contributed by atoms with E-state index < -0.39 is 7.60 Å². The molecular formula is C15H22NO4P. The molecule has 1 atom stereocenters. The summed E-state index contributed by atoms with van der Waals surface area (Å²) in [5.41, 5.74) is 2.13. The van der Waals surface area contributed by atoms with E-state index in [1.165, 1.54) is 5.56 Å². The van der Waals surface area contributed by atoms with E-state index in [9.17, 15) is 4.57 Å². The van der Waals surface area contributed by atoms with Gasteiger partial charge in [-0.05, 0) is 44.4 Å². The molecule has 0 saturated heterocycles. The molecule has 0 bridgehead atoms. The molecule has 0 N–H and O–H groups in total. The number of aliphatic imine (C=N–C) groups is 1. The Balaban J connectivity index is 1.85. The van der Waals surface area contributed by atoms with Gasteiger partial charge in [0, 0.05) is 0 Å². The molecule has 21 heavy (non-hydrogen) atoms. The lowest BCUT2D eigenvalue weighted by Crippen LogP contribution is -2.07. The molecule has 0 amide bonds. The maximum atomic E-state index is 12.5. The van der Waals surface area contributed by atoms with Crippen LogP contribution >= 0.6 is 7.60 Å². The number of methoxy groups -OCH3 is 1. The van der Waals surface area contributed by atoms with Crippen molar-refractivity contribution >= 4 is 13.3 Å². The molecule has 1 heterocycles. The zero-order chi connectivity index (χ0) is 15.3. The summed E-state index contributed by atoms with van der Waals surface area (Å²) in [6.07, 6.45) is 1.64. The van der Waals surface area contributed by atoms with Gasteiger partial charge in [0.05, 0.1) is 26.0 Å². The maximum Gasteiger partial charge on any atom is 0.360 e. The van der Waals surface area contributed by atoms with Crippen LogP contribution in [0.15, 0.2) is 29.3 Å². The highest BCUT2D eigenvalue weighted by molar-refractivity contribution is 7.56. The Morgan fingerprint density at radius 3 is 2.24 bits per heavy atom. The second-order valence-corrected chi connectivity index (χ2v) is 6.80. The monoisotopic (exact) mass is 311 g/mol. The number of aryl methyl sites for hydroxylation is 1. The molecule has 0 spiro atoms. The van der Waals surface area contributed by atoms with E-state index in [0.717, 1.165) is 24.3 Å². The summed E-state index contributed by atoms with van der Waals surface area (Å²) < 4.78 is 28.3. The van der Waals surface area contributed by atoms with E-state index in [4.69, 9.17) is 13.8 Å². The minimum absolute atomic E-state index is 0.365. The Kier molecular flexibility index (Phi) is 5.57. The SMILES string of the molecule is CCOP(=O)(OCC)C1N=C1CCc1ccc(OC)cc1. The quantitative estimate of drug-likeness (QED) is 0.653. The van der Waals surface area contributed by atoms with E-state index in [1.807, 2.05) is 38.1 Å². The van der Waals surface area contributed by atoms with Crippen LogP contribution in [0, 0.1) is 0 Å². The van der Waals surface area contributed by atoms with Gasteiger partial charge in [-0.15, -0.1) is 0 Å². The molecule has 0 aliphatic carbocycles. The van der Waals surface area contributed by atoms with Crippen LogP contribution in [0.25, 0.3) is 0 Å². The van der Waals surface area contributed by atoms with Crippen molar-refractivity contribution in [2.75, 3.05) is 20.3 Å². The maximum absolute atomic E-state index is 12.5. The molecule has 0 fully saturated rings. The summed E-state index contributed by atoms with van der Waals surface area (Å²) in [6.45, 7) is 4.36. The Labute approximate surface area is 125 Å².